The van der Waals surface area contributed by atoms with Crippen LogP contribution in [0.25, 0.3) is 5.69 Å². The molecule has 0 spiro atoms. The molecule has 2 aromatic rings. The molecule has 0 saturated carbocycles. The van der Waals surface area contributed by atoms with E-state index in [1.54, 1.807) is 18.5 Å². The highest BCUT2D eigenvalue weighted by molar-refractivity contribution is 6.31. The van der Waals surface area contributed by atoms with Gasteiger partial charge in [0.05, 0.1) is 24.3 Å². The summed E-state index contributed by atoms with van der Waals surface area (Å²) in [6, 6.07) is 5.48. The van der Waals surface area contributed by atoms with Crippen molar-refractivity contribution in [2.24, 2.45) is 15.7 Å². The number of benzene rings is 1. The molecule has 0 fully saturated rings. The van der Waals surface area contributed by atoms with Gasteiger partial charge in [-0.1, -0.05) is 23.2 Å². The molecule has 1 aliphatic rings. The maximum absolute atomic E-state index is 6.06. The van der Waals surface area contributed by atoms with E-state index < -0.39 is 0 Å². The Labute approximate surface area is 119 Å². The third-order valence-corrected chi connectivity index (χ3v) is 3.40. The largest absolute Gasteiger partial charge is 0.390 e. The summed E-state index contributed by atoms with van der Waals surface area (Å²) in [7, 11) is 0. The first kappa shape index (κ1) is 12.2. The number of imidazole rings is 1. The number of rotatable bonds is 0. The molecule has 2 heterocycles. The Morgan fingerprint density at radius 1 is 1.37 bits per heavy atom. The van der Waals surface area contributed by atoms with Crippen molar-refractivity contribution < 1.29 is 0 Å². The van der Waals surface area contributed by atoms with Crippen molar-refractivity contribution in [3.63, 3.8) is 0 Å². The number of aromatic nitrogens is 2. The maximum atomic E-state index is 6.06. The number of hydrogen-bond acceptors (Lipinski definition) is 3. The molecule has 0 aliphatic carbocycles. The number of amidine groups is 1. The van der Waals surface area contributed by atoms with Crippen molar-refractivity contribution in [2.45, 2.75) is 6.54 Å². The monoisotopic (exact) mass is 293 g/mol. The highest BCUT2D eigenvalue weighted by Crippen LogP contribution is 2.28. The number of hydrogen-bond donors (Lipinski definition) is 1. The summed E-state index contributed by atoms with van der Waals surface area (Å²) in [5, 5.41) is 1.04. The Morgan fingerprint density at radius 3 is 3.00 bits per heavy atom. The minimum atomic E-state index is 0.387. The number of nitrogens with two attached hydrogens (primary N) is 1. The lowest BCUT2D eigenvalue weighted by molar-refractivity contribution is 0.923. The van der Waals surface area contributed by atoms with Crippen LogP contribution in [0, 0.1) is 0 Å². The molecule has 5 nitrogen and oxygen atoms in total. The van der Waals surface area contributed by atoms with E-state index in [2.05, 4.69) is 15.0 Å². The molecule has 19 heavy (non-hydrogen) atoms. The van der Waals surface area contributed by atoms with Gasteiger partial charge in [-0.2, -0.15) is 0 Å². The smallest absolute Gasteiger partial charge is 0.158 e. The van der Waals surface area contributed by atoms with Crippen LogP contribution in [0.4, 0.5) is 0 Å². The topological polar surface area (TPSA) is 68.6 Å². The molecular weight excluding hydrogens is 285 g/mol. The zero-order valence-corrected chi connectivity index (χ0v) is 11.2. The summed E-state index contributed by atoms with van der Waals surface area (Å²) in [6.07, 6.45) is 2.87. The molecule has 0 bridgehead atoms. The van der Waals surface area contributed by atoms with Gasteiger partial charge in [-0.15, -0.1) is 0 Å². The van der Waals surface area contributed by atoms with E-state index >= 15 is 0 Å². The van der Waals surface area contributed by atoms with Gasteiger partial charge in [0.1, 0.15) is 6.33 Å². The molecule has 96 valence electrons. The van der Waals surface area contributed by atoms with Crippen LogP contribution in [-0.4, -0.2) is 21.7 Å². The van der Waals surface area contributed by atoms with E-state index in [0.717, 1.165) is 16.9 Å². The second-order valence-electron chi connectivity index (χ2n) is 3.93. The fourth-order valence-electron chi connectivity index (χ4n) is 2.01. The highest BCUT2D eigenvalue weighted by atomic mass is 35.5. The molecule has 3 rings (SSSR count). The Morgan fingerprint density at radius 2 is 2.21 bits per heavy atom. The fraction of sp³-hybridized carbons (Fsp3) is 0.0833. The standard InChI is InChI=1S/C12H9Cl2N5/c13-7-1-2-9-8(3-7)12(17-5-15)16-4-10-11(14)18-6-19(9)10/h1-3,5-6H,4H2,(H2,15,16,17). The van der Waals surface area contributed by atoms with Gasteiger partial charge in [0.15, 0.2) is 11.0 Å². The van der Waals surface area contributed by atoms with Gasteiger partial charge in [0.2, 0.25) is 0 Å². The Hall–Kier alpha value is -1.85. The second-order valence-corrected chi connectivity index (χ2v) is 4.73. The molecule has 0 radical (unpaired) electrons. The summed E-state index contributed by atoms with van der Waals surface area (Å²) in [5.41, 5.74) is 7.85. The lowest BCUT2D eigenvalue weighted by Gasteiger charge is -2.09. The predicted molar refractivity (Wildman–Crippen MR) is 76.5 cm³/mol. The number of fused-ring (bicyclic) bond motifs is 3. The van der Waals surface area contributed by atoms with Gasteiger partial charge >= 0.3 is 0 Å². The highest BCUT2D eigenvalue weighted by Gasteiger charge is 2.19. The van der Waals surface area contributed by atoms with Gasteiger partial charge in [0.25, 0.3) is 0 Å². The van der Waals surface area contributed by atoms with Crippen molar-refractivity contribution in [3.05, 3.63) is 46.0 Å². The van der Waals surface area contributed by atoms with Gasteiger partial charge < -0.3 is 5.73 Å². The van der Waals surface area contributed by atoms with Gasteiger partial charge in [-0.25, -0.2) is 9.98 Å². The quantitative estimate of drug-likeness (QED) is 0.599. The fourth-order valence-corrected chi connectivity index (χ4v) is 2.38. The molecular formula is C12H9Cl2N5. The van der Waals surface area contributed by atoms with Crippen LogP contribution in [0.5, 0.6) is 0 Å². The normalized spacial score (nSPS) is 13.9. The van der Waals surface area contributed by atoms with E-state index in [9.17, 15) is 0 Å². The van der Waals surface area contributed by atoms with Gasteiger partial charge in [0, 0.05) is 10.6 Å². The minimum Gasteiger partial charge on any atom is -0.390 e. The first-order chi connectivity index (χ1) is 9.20. The molecule has 0 atom stereocenters. The molecule has 2 N–H and O–H groups in total. The molecule has 0 saturated heterocycles. The summed E-state index contributed by atoms with van der Waals surface area (Å²) < 4.78 is 1.89. The molecule has 1 aromatic heterocycles. The molecule has 0 unspecified atom stereocenters. The zero-order valence-electron chi connectivity index (χ0n) is 9.72. The molecule has 1 aromatic carbocycles. The first-order valence-electron chi connectivity index (χ1n) is 5.51. The van der Waals surface area contributed by atoms with Gasteiger partial charge in [-0.05, 0) is 18.2 Å². The predicted octanol–water partition coefficient (Wildman–Crippen LogP) is 2.43. The van der Waals surface area contributed by atoms with Crippen molar-refractivity contribution in [1.29, 1.82) is 0 Å². The van der Waals surface area contributed by atoms with Crippen LogP contribution in [-0.2, 0) is 6.54 Å². The molecule has 7 heteroatoms. The van der Waals surface area contributed by atoms with Crippen molar-refractivity contribution in [3.8, 4) is 5.69 Å². The number of nitrogens with zero attached hydrogens (tertiary/aromatic N) is 4. The third kappa shape index (κ3) is 2.01. The summed E-state index contributed by atoms with van der Waals surface area (Å²) in [5.74, 6) is 0.528. The lowest BCUT2D eigenvalue weighted by Crippen LogP contribution is -2.05. The first-order valence-corrected chi connectivity index (χ1v) is 6.27. The summed E-state index contributed by atoms with van der Waals surface area (Å²) >= 11 is 12.1. The third-order valence-electron chi connectivity index (χ3n) is 2.85. The van der Waals surface area contributed by atoms with Crippen LogP contribution in [0.1, 0.15) is 11.3 Å². The minimum absolute atomic E-state index is 0.387. The Kier molecular flexibility index (Phi) is 3.00. The van der Waals surface area contributed by atoms with E-state index in [1.807, 2.05) is 10.6 Å². The average Bonchev–Trinajstić information content (AvgIpc) is 2.68. The Bertz CT molecular complexity index is 702. The SMILES string of the molecule is NC=NC1=NCc2c(Cl)ncn2-c2ccc(Cl)cc21. The number of aliphatic imine (C=N–C) groups is 2. The van der Waals surface area contributed by atoms with E-state index in [0.29, 0.717) is 22.6 Å². The zero-order chi connectivity index (χ0) is 13.4. The van der Waals surface area contributed by atoms with Crippen molar-refractivity contribution >= 4 is 35.4 Å². The number of halogens is 2. The Balaban J connectivity index is 2.31. The second kappa shape index (κ2) is 4.68. The lowest BCUT2D eigenvalue weighted by atomic mass is 10.1. The average molecular weight is 294 g/mol. The maximum Gasteiger partial charge on any atom is 0.158 e. The van der Waals surface area contributed by atoms with E-state index in [-0.39, 0.29) is 0 Å². The molecule has 1 aliphatic heterocycles. The summed E-state index contributed by atoms with van der Waals surface area (Å²) in [4.78, 5) is 12.6. The van der Waals surface area contributed by atoms with Crippen molar-refractivity contribution in [1.82, 2.24) is 9.55 Å². The van der Waals surface area contributed by atoms with Crippen LogP contribution in [0.3, 0.4) is 0 Å². The van der Waals surface area contributed by atoms with E-state index in [4.69, 9.17) is 28.9 Å². The van der Waals surface area contributed by atoms with Gasteiger partial charge in [-0.3, -0.25) is 9.56 Å². The van der Waals surface area contributed by atoms with Crippen molar-refractivity contribution in [2.75, 3.05) is 0 Å². The molecule has 0 amide bonds. The van der Waals surface area contributed by atoms with Crippen LogP contribution in [0.2, 0.25) is 10.2 Å². The van der Waals surface area contributed by atoms with Crippen LogP contribution >= 0.6 is 23.2 Å². The van der Waals surface area contributed by atoms with Crippen LogP contribution < -0.4 is 5.73 Å². The van der Waals surface area contributed by atoms with E-state index in [1.165, 1.54) is 6.34 Å². The summed E-state index contributed by atoms with van der Waals surface area (Å²) in [6.45, 7) is 0.387. The van der Waals surface area contributed by atoms with Crippen LogP contribution in [0.15, 0.2) is 34.5 Å².